The molecule has 0 amide bonds. The average Bonchev–Trinajstić information content (AvgIpc) is 2.54. The van der Waals surface area contributed by atoms with E-state index in [9.17, 15) is 4.79 Å². The largest absolute Gasteiger partial charge is 0.326 e. The number of nitrogens with one attached hydrogen (secondary N) is 1. The molecule has 2 rings (SSSR count). The number of hydrogen-bond donors (Lipinski definition) is 1. The van der Waals surface area contributed by atoms with Gasteiger partial charge in [0.25, 0.3) is 5.56 Å². The molecule has 2 aromatic heterocycles. The van der Waals surface area contributed by atoms with Gasteiger partial charge in [0.2, 0.25) is 0 Å². The zero-order valence-electron chi connectivity index (χ0n) is 11.6. The summed E-state index contributed by atoms with van der Waals surface area (Å²) in [4.78, 5) is 21.3. The van der Waals surface area contributed by atoms with E-state index in [-0.39, 0.29) is 11.6 Å². The monoisotopic (exact) mass is 248 g/mol. The number of aromatic amines is 1. The topological polar surface area (TPSA) is 53.9 Å². The van der Waals surface area contributed by atoms with Gasteiger partial charge < -0.3 is 14.5 Å². The van der Waals surface area contributed by atoms with Crippen LogP contribution in [-0.2, 0) is 6.54 Å². The second-order valence-corrected chi connectivity index (χ2v) is 5.23. The van der Waals surface area contributed by atoms with E-state index in [4.69, 9.17) is 0 Å². The third-order valence-corrected chi connectivity index (χ3v) is 2.90. The summed E-state index contributed by atoms with van der Waals surface area (Å²) in [6, 6.07) is 2.23. The van der Waals surface area contributed by atoms with E-state index in [0.29, 0.717) is 11.2 Å². The molecule has 0 fully saturated rings. The number of rotatable bonds is 3. The molecule has 5 heteroatoms. The first kappa shape index (κ1) is 12.8. The van der Waals surface area contributed by atoms with Crippen LogP contribution < -0.4 is 5.56 Å². The first-order chi connectivity index (χ1) is 8.40. The number of H-pyrrole nitrogens is 1. The van der Waals surface area contributed by atoms with Crippen molar-refractivity contribution in [3.05, 3.63) is 27.9 Å². The van der Waals surface area contributed by atoms with Crippen molar-refractivity contribution < 1.29 is 0 Å². The van der Waals surface area contributed by atoms with Gasteiger partial charge in [0.05, 0.1) is 5.39 Å². The van der Waals surface area contributed by atoms with Crippen LogP contribution in [0.3, 0.4) is 0 Å². The Morgan fingerprint density at radius 3 is 2.67 bits per heavy atom. The van der Waals surface area contributed by atoms with E-state index in [1.165, 1.54) is 0 Å². The van der Waals surface area contributed by atoms with Crippen molar-refractivity contribution in [1.82, 2.24) is 19.4 Å². The molecule has 0 saturated carbocycles. The molecule has 0 saturated heterocycles. The second-order valence-electron chi connectivity index (χ2n) is 5.23. The van der Waals surface area contributed by atoms with Crippen LogP contribution in [0.25, 0.3) is 11.0 Å². The Morgan fingerprint density at radius 1 is 1.44 bits per heavy atom. The molecule has 0 unspecified atom stereocenters. The highest BCUT2D eigenvalue weighted by Crippen LogP contribution is 2.21. The van der Waals surface area contributed by atoms with Crippen LogP contribution in [0.4, 0.5) is 0 Å². The number of hydrogen-bond acceptors (Lipinski definition) is 3. The molecule has 0 aliphatic heterocycles. The van der Waals surface area contributed by atoms with Crippen LogP contribution >= 0.6 is 0 Å². The lowest BCUT2D eigenvalue weighted by Gasteiger charge is -2.16. The zero-order valence-corrected chi connectivity index (χ0v) is 11.6. The van der Waals surface area contributed by atoms with Gasteiger partial charge in [-0.25, -0.2) is 4.98 Å². The second kappa shape index (κ2) is 4.57. The molecule has 0 aromatic carbocycles. The highest BCUT2D eigenvalue weighted by Gasteiger charge is 2.15. The Hall–Kier alpha value is -1.62. The summed E-state index contributed by atoms with van der Waals surface area (Å²) < 4.78 is 2.14. The SMILES string of the molecule is Cc1nc2c(cc(CN(C)C)n2C(C)C)c(=O)[nH]1. The van der Waals surface area contributed by atoms with Crippen molar-refractivity contribution in [2.75, 3.05) is 14.1 Å². The molecule has 0 atom stereocenters. The Kier molecular flexibility index (Phi) is 3.26. The van der Waals surface area contributed by atoms with Gasteiger partial charge in [-0.15, -0.1) is 0 Å². The van der Waals surface area contributed by atoms with E-state index < -0.39 is 0 Å². The van der Waals surface area contributed by atoms with Gasteiger partial charge in [-0.2, -0.15) is 0 Å². The number of aromatic nitrogens is 3. The van der Waals surface area contributed by atoms with Crippen molar-refractivity contribution in [3.63, 3.8) is 0 Å². The third kappa shape index (κ3) is 2.18. The molecule has 98 valence electrons. The molecule has 0 spiro atoms. The number of fused-ring (bicyclic) bond motifs is 1. The van der Waals surface area contributed by atoms with Gasteiger partial charge in [0.1, 0.15) is 11.5 Å². The minimum absolute atomic E-state index is 0.0584. The third-order valence-electron chi connectivity index (χ3n) is 2.90. The highest BCUT2D eigenvalue weighted by atomic mass is 16.1. The van der Waals surface area contributed by atoms with Crippen molar-refractivity contribution in [1.29, 1.82) is 0 Å². The Bertz CT molecular complexity index is 622. The predicted octanol–water partition coefficient (Wildman–Crippen LogP) is 1.68. The molecule has 0 aliphatic carbocycles. The van der Waals surface area contributed by atoms with E-state index in [2.05, 4.69) is 33.3 Å². The zero-order chi connectivity index (χ0) is 13.4. The van der Waals surface area contributed by atoms with Crippen molar-refractivity contribution in [2.24, 2.45) is 0 Å². The Morgan fingerprint density at radius 2 is 2.11 bits per heavy atom. The van der Waals surface area contributed by atoms with Crippen molar-refractivity contribution in [3.8, 4) is 0 Å². The predicted molar refractivity (Wildman–Crippen MR) is 72.9 cm³/mol. The summed E-state index contributed by atoms with van der Waals surface area (Å²) in [6.45, 7) is 6.82. The summed E-state index contributed by atoms with van der Waals surface area (Å²) in [5.41, 5.74) is 1.84. The molecule has 1 N–H and O–H groups in total. The van der Waals surface area contributed by atoms with Gasteiger partial charge in [-0.1, -0.05) is 0 Å². The van der Waals surface area contributed by atoms with Gasteiger partial charge in [0.15, 0.2) is 0 Å². The lowest BCUT2D eigenvalue weighted by molar-refractivity contribution is 0.383. The maximum Gasteiger partial charge on any atom is 0.260 e. The van der Waals surface area contributed by atoms with Crippen LogP contribution in [0.1, 0.15) is 31.4 Å². The molecule has 0 aliphatic rings. The molecule has 2 aromatic rings. The Balaban J connectivity index is 2.75. The van der Waals surface area contributed by atoms with Crippen LogP contribution in [0.5, 0.6) is 0 Å². The summed E-state index contributed by atoms with van der Waals surface area (Å²) in [6.07, 6.45) is 0. The summed E-state index contributed by atoms with van der Waals surface area (Å²) >= 11 is 0. The van der Waals surface area contributed by atoms with Gasteiger partial charge >= 0.3 is 0 Å². The molecule has 0 bridgehead atoms. The quantitative estimate of drug-likeness (QED) is 0.899. The first-order valence-electron chi connectivity index (χ1n) is 6.15. The van der Waals surface area contributed by atoms with Gasteiger partial charge in [-0.3, -0.25) is 4.79 Å². The van der Waals surface area contributed by atoms with E-state index in [0.717, 1.165) is 17.9 Å². The molecule has 18 heavy (non-hydrogen) atoms. The molecule has 2 heterocycles. The first-order valence-corrected chi connectivity index (χ1v) is 6.15. The van der Waals surface area contributed by atoms with E-state index in [1.807, 2.05) is 27.1 Å². The highest BCUT2D eigenvalue weighted by molar-refractivity contribution is 5.76. The van der Waals surface area contributed by atoms with Crippen LogP contribution in [0.15, 0.2) is 10.9 Å². The fourth-order valence-corrected chi connectivity index (χ4v) is 2.29. The summed E-state index contributed by atoms with van der Waals surface area (Å²) in [7, 11) is 4.04. The fraction of sp³-hybridized carbons (Fsp3) is 0.538. The average molecular weight is 248 g/mol. The van der Waals surface area contributed by atoms with Gasteiger partial charge in [-0.05, 0) is 40.9 Å². The summed E-state index contributed by atoms with van der Waals surface area (Å²) in [5, 5.41) is 0.672. The smallest absolute Gasteiger partial charge is 0.260 e. The van der Waals surface area contributed by atoms with Crippen LogP contribution in [0.2, 0.25) is 0 Å². The minimum Gasteiger partial charge on any atom is -0.326 e. The maximum absolute atomic E-state index is 12.0. The Labute approximate surface area is 106 Å². The molecule has 5 nitrogen and oxygen atoms in total. The van der Waals surface area contributed by atoms with Crippen molar-refractivity contribution >= 4 is 11.0 Å². The maximum atomic E-state index is 12.0. The van der Waals surface area contributed by atoms with Gasteiger partial charge in [0, 0.05) is 18.3 Å². The normalized spacial score (nSPS) is 11.9. The fourth-order valence-electron chi connectivity index (χ4n) is 2.29. The van der Waals surface area contributed by atoms with Crippen molar-refractivity contribution in [2.45, 2.75) is 33.4 Å². The standard InChI is InChI=1S/C13H20N4O/c1-8(2)17-10(7-16(4)5)6-11-12(17)14-9(3)15-13(11)18/h6,8H,7H2,1-5H3,(H,14,15,18). The number of aryl methyl sites for hydroxylation is 1. The van der Waals surface area contributed by atoms with Crippen LogP contribution in [0, 0.1) is 6.92 Å². The summed E-state index contributed by atoms with van der Waals surface area (Å²) in [5.74, 6) is 0.656. The molecular weight excluding hydrogens is 228 g/mol. The van der Waals surface area contributed by atoms with E-state index in [1.54, 1.807) is 0 Å². The lowest BCUT2D eigenvalue weighted by atomic mass is 10.3. The lowest BCUT2D eigenvalue weighted by Crippen LogP contribution is -2.16. The molecule has 0 radical (unpaired) electrons. The molecular formula is C13H20N4O. The van der Waals surface area contributed by atoms with E-state index >= 15 is 0 Å². The minimum atomic E-state index is -0.0584. The number of nitrogens with zero attached hydrogens (tertiary/aromatic N) is 3. The van der Waals surface area contributed by atoms with Crippen LogP contribution in [-0.4, -0.2) is 33.5 Å².